The molecule has 136 valence electrons. The van der Waals surface area contributed by atoms with E-state index >= 15 is 0 Å². The van der Waals surface area contributed by atoms with Crippen molar-refractivity contribution in [3.63, 3.8) is 0 Å². The molecule has 2 aliphatic heterocycles. The zero-order valence-electron chi connectivity index (χ0n) is 15.2. The number of amides is 1. The van der Waals surface area contributed by atoms with E-state index < -0.39 is 0 Å². The van der Waals surface area contributed by atoms with Crippen molar-refractivity contribution in [1.82, 2.24) is 9.88 Å². The topological polar surface area (TPSA) is 39.7 Å². The van der Waals surface area contributed by atoms with E-state index in [9.17, 15) is 4.79 Å². The number of piperazine rings is 1. The molecule has 3 heterocycles. The molecule has 5 heteroatoms. The number of pyridine rings is 1. The number of nitrogens with zero attached hydrogens (tertiary/aromatic N) is 4. The van der Waals surface area contributed by atoms with Gasteiger partial charge in [-0.1, -0.05) is 0 Å². The standard InChI is InChI=1S/C21H26N4O/c26-21(18-5-4-10-22-17-18)25-15-13-24(14-16-25)20-8-6-19(7-9-20)23-11-2-1-3-12-23/h4-10,17H,1-3,11-16H2. The first-order valence-electron chi connectivity index (χ1n) is 9.60. The average molecular weight is 350 g/mol. The molecule has 1 aromatic heterocycles. The Bertz CT molecular complexity index is 717. The number of carbonyl (C=O) groups excluding carboxylic acids is 1. The monoisotopic (exact) mass is 350 g/mol. The molecule has 2 aromatic rings. The summed E-state index contributed by atoms with van der Waals surface area (Å²) in [6.07, 6.45) is 7.30. The SMILES string of the molecule is O=C(c1cccnc1)N1CCN(c2ccc(N3CCCCC3)cc2)CC1. The molecular formula is C21H26N4O. The number of rotatable bonds is 3. The smallest absolute Gasteiger partial charge is 0.255 e. The van der Waals surface area contributed by atoms with Crippen molar-refractivity contribution in [2.24, 2.45) is 0 Å². The van der Waals surface area contributed by atoms with Crippen LogP contribution in [0.15, 0.2) is 48.8 Å². The zero-order valence-corrected chi connectivity index (χ0v) is 15.2. The van der Waals surface area contributed by atoms with Gasteiger partial charge < -0.3 is 14.7 Å². The van der Waals surface area contributed by atoms with E-state index in [1.165, 1.54) is 43.7 Å². The van der Waals surface area contributed by atoms with Crippen molar-refractivity contribution < 1.29 is 4.79 Å². The molecule has 26 heavy (non-hydrogen) atoms. The average Bonchev–Trinajstić information content (AvgIpc) is 2.75. The number of carbonyl (C=O) groups is 1. The first-order valence-corrected chi connectivity index (χ1v) is 9.60. The first kappa shape index (κ1) is 16.9. The van der Waals surface area contributed by atoms with Gasteiger partial charge in [-0.15, -0.1) is 0 Å². The second-order valence-corrected chi connectivity index (χ2v) is 7.09. The lowest BCUT2D eigenvalue weighted by Crippen LogP contribution is -2.48. The third kappa shape index (κ3) is 3.66. The van der Waals surface area contributed by atoms with Crippen LogP contribution in [0.2, 0.25) is 0 Å². The third-order valence-electron chi connectivity index (χ3n) is 5.41. The summed E-state index contributed by atoms with van der Waals surface area (Å²) in [5.41, 5.74) is 3.25. The molecule has 2 saturated heterocycles. The van der Waals surface area contributed by atoms with Crippen LogP contribution < -0.4 is 9.80 Å². The highest BCUT2D eigenvalue weighted by Gasteiger charge is 2.22. The molecule has 0 unspecified atom stereocenters. The zero-order chi connectivity index (χ0) is 17.8. The normalized spacial score (nSPS) is 18.1. The van der Waals surface area contributed by atoms with Crippen LogP contribution in [0.1, 0.15) is 29.6 Å². The van der Waals surface area contributed by atoms with Crippen molar-refractivity contribution in [3.05, 3.63) is 54.4 Å². The summed E-state index contributed by atoms with van der Waals surface area (Å²) in [5, 5.41) is 0. The molecule has 2 fully saturated rings. The van der Waals surface area contributed by atoms with Gasteiger partial charge in [-0.2, -0.15) is 0 Å². The summed E-state index contributed by atoms with van der Waals surface area (Å²) in [5.74, 6) is 0.0817. The van der Waals surface area contributed by atoms with Crippen LogP contribution in [-0.4, -0.2) is 55.1 Å². The Morgan fingerprint density at radius 2 is 1.38 bits per heavy atom. The molecule has 0 N–H and O–H groups in total. The van der Waals surface area contributed by atoms with Gasteiger partial charge in [-0.3, -0.25) is 9.78 Å². The van der Waals surface area contributed by atoms with E-state index in [0.717, 1.165) is 26.2 Å². The Labute approximate surface area is 155 Å². The van der Waals surface area contributed by atoms with Gasteiger partial charge in [0.2, 0.25) is 0 Å². The van der Waals surface area contributed by atoms with Gasteiger partial charge in [0, 0.05) is 63.0 Å². The summed E-state index contributed by atoms with van der Waals surface area (Å²) in [6, 6.07) is 12.6. The fourth-order valence-corrected chi connectivity index (χ4v) is 3.87. The van der Waals surface area contributed by atoms with Crippen LogP contribution in [-0.2, 0) is 0 Å². The Morgan fingerprint density at radius 3 is 1.96 bits per heavy atom. The number of hydrogen-bond acceptors (Lipinski definition) is 4. The quantitative estimate of drug-likeness (QED) is 0.853. The number of piperidine rings is 1. The molecular weight excluding hydrogens is 324 g/mol. The molecule has 0 aliphatic carbocycles. The summed E-state index contributed by atoms with van der Waals surface area (Å²) < 4.78 is 0. The second kappa shape index (κ2) is 7.77. The van der Waals surface area contributed by atoms with Crippen molar-refractivity contribution >= 4 is 17.3 Å². The van der Waals surface area contributed by atoms with Crippen LogP contribution in [0.25, 0.3) is 0 Å². The summed E-state index contributed by atoms with van der Waals surface area (Å²) in [4.78, 5) is 23.4. The third-order valence-corrected chi connectivity index (χ3v) is 5.41. The molecule has 4 rings (SSSR count). The lowest BCUT2D eigenvalue weighted by atomic mass is 10.1. The van der Waals surface area contributed by atoms with E-state index in [1.807, 2.05) is 17.0 Å². The van der Waals surface area contributed by atoms with Gasteiger partial charge in [-0.25, -0.2) is 0 Å². The lowest BCUT2D eigenvalue weighted by Gasteiger charge is -2.36. The molecule has 0 saturated carbocycles. The minimum atomic E-state index is 0.0817. The van der Waals surface area contributed by atoms with Gasteiger partial charge in [0.05, 0.1) is 5.56 Å². The van der Waals surface area contributed by atoms with Crippen molar-refractivity contribution in [3.8, 4) is 0 Å². The van der Waals surface area contributed by atoms with Crippen LogP contribution in [0.4, 0.5) is 11.4 Å². The van der Waals surface area contributed by atoms with Gasteiger partial charge in [0.15, 0.2) is 0 Å². The summed E-state index contributed by atoms with van der Waals surface area (Å²) in [7, 11) is 0. The van der Waals surface area contributed by atoms with Gasteiger partial charge in [0.25, 0.3) is 5.91 Å². The van der Waals surface area contributed by atoms with E-state index in [2.05, 4.69) is 39.0 Å². The second-order valence-electron chi connectivity index (χ2n) is 7.09. The summed E-state index contributed by atoms with van der Waals surface area (Å²) >= 11 is 0. The molecule has 0 spiro atoms. The molecule has 5 nitrogen and oxygen atoms in total. The maximum Gasteiger partial charge on any atom is 0.255 e. The minimum absolute atomic E-state index is 0.0817. The molecule has 0 atom stereocenters. The van der Waals surface area contributed by atoms with E-state index in [0.29, 0.717) is 5.56 Å². The molecule has 1 amide bonds. The van der Waals surface area contributed by atoms with Crippen molar-refractivity contribution in [2.45, 2.75) is 19.3 Å². The van der Waals surface area contributed by atoms with Gasteiger partial charge in [-0.05, 0) is 55.7 Å². The van der Waals surface area contributed by atoms with Crippen LogP contribution in [0, 0.1) is 0 Å². The molecule has 2 aliphatic rings. The predicted molar refractivity (Wildman–Crippen MR) is 105 cm³/mol. The highest BCUT2D eigenvalue weighted by Crippen LogP contribution is 2.24. The Hall–Kier alpha value is -2.56. The van der Waals surface area contributed by atoms with Gasteiger partial charge in [0.1, 0.15) is 0 Å². The minimum Gasteiger partial charge on any atom is -0.372 e. The largest absolute Gasteiger partial charge is 0.372 e. The Kier molecular flexibility index (Phi) is 5.04. The maximum absolute atomic E-state index is 12.5. The van der Waals surface area contributed by atoms with E-state index in [-0.39, 0.29) is 5.91 Å². The molecule has 0 radical (unpaired) electrons. The van der Waals surface area contributed by atoms with E-state index in [4.69, 9.17) is 0 Å². The number of aromatic nitrogens is 1. The van der Waals surface area contributed by atoms with Crippen molar-refractivity contribution in [1.29, 1.82) is 0 Å². The fourth-order valence-electron chi connectivity index (χ4n) is 3.87. The molecule has 1 aromatic carbocycles. The summed E-state index contributed by atoms with van der Waals surface area (Å²) in [6.45, 7) is 5.59. The number of anilines is 2. The highest BCUT2D eigenvalue weighted by molar-refractivity contribution is 5.94. The van der Waals surface area contributed by atoms with Crippen LogP contribution in [0.5, 0.6) is 0 Å². The maximum atomic E-state index is 12.5. The fraction of sp³-hybridized carbons (Fsp3) is 0.429. The Balaban J connectivity index is 1.35. The van der Waals surface area contributed by atoms with Gasteiger partial charge >= 0.3 is 0 Å². The van der Waals surface area contributed by atoms with Crippen LogP contribution in [0.3, 0.4) is 0 Å². The highest BCUT2D eigenvalue weighted by atomic mass is 16.2. The molecule has 0 bridgehead atoms. The van der Waals surface area contributed by atoms with Crippen LogP contribution >= 0.6 is 0 Å². The Morgan fingerprint density at radius 1 is 0.769 bits per heavy atom. The number of benzene rings is 1. The number of hydrogen-bond donors (Lipinski definition) is 0. The van der Waals surface area contributed by atoms with E-state index in [1.54, 1.807) is 12.4 Å². The predicted octanol–water partition coefficient (Wildman–Crippen LogP) is 3.03. The lowest BCUT2D eigenvalue weighted by molar-refractivity contribution is 0.0746. The van der Waals surface area contributed by atoms with Crippen molar-refractivity contribution in [2.75, 3.05) is 49.1 Å². The first-order chi connectivity index (χ1) is 12.8.